The summed E-state index contributed by atoms with van der Waals surface area (Å²) in [5, 5.41) is 14.6. The van der Waals surface area contributed by atoms with E-state index >= 15 is 0 Å². The van der Waals surface area contributed by atoms with Crippen molar-refractivity contribution in [2.45, 2.75) is 39.2 Å². The van der Waals surface area contributed by atoms with Crippen molar-refractivity contribution < 1.29 is 5.11 Å². The summed E-state index contributed by atoms with van der Waals surface area (Å²) in [5.74, 6) is 0. The molecule has 20 heavy (non-hydrogen) atoms. The summed E-state index contributed by atoms with van der Waals surface area (Å²) in [6, 6.07) is 8.12. The topological polar surface area (TPSA) is 38.0 Å². The smallest absolute Gasteiger partial charge is 0.0628 e. The molecule has 1 aromatic carbocycles. The predicted molar refractivity (Wildman–Crippen MR) is 84.9 cm³/mol. The molecule has 0 saturated carbocycles. The molecule has 108 valence electrons. The molecule has 1 aromatic heterocycles. The molecule has 1 atom stereocenters. The highest BCUT2D eigenvalue weighted by Crippen LogP contribution is 2.17. The van der Waals surface area contributed by atoms with Crippen LogP contribution in [0.15, 0.2) is 28.7 Å². The summed E-state index contributed by atoms with van der Waals surface area (Å²) < 4.78 is 2.98. The maximum atomic E-state index is 10.2. The summed E-state index contributed by atoms with van der Waals surface area (Å²) in [6.45, 7) is 4.11. The first kappa shape index (κ1) is 15.3. The van der Waals surface area contributed by atoms with Gasteiger partial charge in [0.2, 0.25) is 0 Å². The summed E-state index contributed by atoms with van der Waals surface area (Å²) in [6.07, 6.45) is 2.04. The summed E-state index contributed by atoms with van der Waals surface area (Å²) in [4.78, 5) is 0. The van der Waals surface area contributed by atoms with Crippen LogP contribution in [0.4, 0.5) is 0 Å². The number of rotatable bonds is 5. The highest BCUT2D eigenvalue weighted by atomic mass is 79.9. The normalized spacial score (nSPS) is 12.7. The largest absolute Gasteiger partial charge is 0.393 e. The first-order valence-corrected chi connectivity index (χ1v) is 7.68. The van der Waals surface area contributed by atoms with Gasteiger partial charge in [-0.15, -0.1) is 0 Å². The van der Waals surface area contributed by atoms with E-state index in [4.69, 9.17) is 0 Å². The van der Waals surface area contributed by atoms with Gasteiger partial charge in [0, 0.05) is 17.2 Å². The van der Waals surface area contributed by atoms with E-state index in [2.05, 4.69) is 28.0 Å². The maximum absolute atomic E-state index is 10.2. The van der Waals surface area contributed by atoms with Crippen molar-refractivity contribution in [3.8, 4) is 0 Å². The van der Waals surface area contributed by atoms with Crippen LogP contribution in [0.1, 0.15) is 28.9 Å². The van der Waals surface area contributed by atoms with E-state index in [1.807, 2.05) is 42.9 Å². The third kappa shape index (κ3) is 3.70. The molecule has 0 fully saturated rings. The van der Waals surface area contributed by atoms with E-state index in [9.17, 15) is 5.11 Å². The minimum atomic E-state index is -0.310. The Morgan fingerprint density at radius 2 is 1.90 bits per heavy atom. The molecule has 0 bridgehead atoms. The number of hydrogen-bond donors (Lipinski definition) is 1. The zero-order valence-electron chi connectivity index (χ0n) is 12.2. The van der Waals surface area contributed by atoms with Gasteiger partial charge in [0.15, 0.2) is 0 Å². The Kier molecular flexibility index (Phi) is 5.00. The lowest BCUT2D eigenvalue weighted by Gasteiger charge is -2.11. The maximum Gasteiger partial charge on any atom is 0.0628 e. The molecule has 1 unspecified atom stereocenters. The van der Waals surface area contributed by atoms with E-state index in [1.54, 1.807) is 0 Å². The van der Waals surface area contributed by atoms with Gasteiger partial charge in [-0.25, -0.2) is 0 Å². The number of aliphatic hydroxyl groups is 1. The quantitative estimate of drug-likeness (QED) is 0.909. The monoisotopic (exact) mass is 336 g/mol. The second-order valence-corrected chi connectivity index (χ2v) is 6.21. The standard InChI is InChI=1S/C16H21BrN2O/c1-11-16(12(2)19(3)18-11)9-8-15(20)10-13-4-6-14(17)7-5-13/h4-7,15,20H,8-10H2,1-3H3. The van der Waals surface area contributed by atoms with Crippen LogP contribution in [-0.2, 0) is 19.9 Å². The molecule has 0 aliphatic rings. The molecule has 3 nitrogen and oxygen atoms in total. The van der Waals surface area contributed by atoms with Gasteiger partial charge < -0.3 is 5.11 Å². The molecule has 2 rings (SSSR count). The van der Waals surface area contributed by atoms with Crippen LogP contribution in [0.3, 0.4) is 0 Å². The molecule has 0 saturated heterocycles. The van der Waals surface area contributed by atoms with E-state index in [0.717, 1.165) is 23.0 Å². The van der Waals surface area contributed by atoms with Crippen molar-refractivity contribution in [1.29, 1.82) is 0 Å². The van der Waals surface area contributed by atoms with Gasteiger partial charge in [-0.3, -0.25) is 4.68 Å². The third-order valence-corrected chi connectivity index (χ3v) is 4.30. The van der Waals surface area contributed by atoms with Crippen LogP contribution in [0.5, 0.6) is 0 Å². The second kappa shape index (κ2) is 6.55. The predicted octanol–water partition coefficient (Wildman–Crippen LogP) is 3.34. The van der Waals surface area contributed by atoms with E-state index in [0.29, 0.717) is 6.42 Å². The molecular weight excluding hydrogens is 316 g/mol. The summed E-state index contributed by atoms with van der Waals surface area (Å²) in [7, 11) is 1.96. The van der Waals surface area contributed by atoms with Gasteiger partial charge in [0.25, 0.3) is 0 Å². The first-order chi connectivity index (χ1) is 9.47. The van der Waals surface area contributed by atoms with E-state index < -0.39 is 0 Å². The highest BCUT2D eigenvalue weighted by molar-refractivity contribution is 9.10. The lowest BCUT2D eigenvalue weighted by Crippen LogP contribution is -2.12. The van der Waals surface area contributed by atoms with Gasteiger partial charge in [-0.05, 0) is 56.4 Å². The van der Waals surface area contributed by atoms with E-state index in [-0.39, 0.29) is 6.10 Å². The Bertz CT molecular complexity index is 575. The molecule has 0 radical (unpaired) electrons. The zero-order valence-corrected chi connectivity index (χ0v) is 13.8. The average molecular weight is 337 g/mol. The van der Waals surface area contributed by atoms with Gasteiger partial charge in [-0.1, -0.05) is 28.1 Å². The van der Waals surface area contributed by atoms with Crippen molar-refractivity contribution in [2.75, 3.05) is 0 Å². The number of halogens is 1. The fourth-order valence-electron chi connectivity index (χ4n) is 2.48. The number of aromatic nitrogens is 2. The van der Waals surface area contributed by atoms with Crippen molar-refractivity contribution in [2.24, 2.45) is 7.05 Å². The Morgan fingerprint density at radius 1 is 1.25 bits per heavy atom. The molecule has 1 heterocycles. The zero-order chi connectivity index (χ0) is 14.7. The number of nitrogens with zero attached hydrogens (tertiary/aromatic N) is 2. The Hall–Kier alpha value is -1.13. The number of aliphatic hydroxyl groups excluding tert-OH is 1. The summed E-state index contributed by atoms with van der Waals surface area (Å²) >= 11 is 3.42. The number of benzene rings is 1. The van der Waals surface area contributed by atoms with Crippen LogP contribution in [-0.4, -0.2) is 21.0 Å². The Labute approximate surface area is 128 Å². The third-order valence-electron chi connectivity index (χ3n) is 3.77. The molecular formula is C16H21BrN2O. The van der Waals surface area contributed by atoms with Crippen molar-refractivity contribution in [3.05, 3.63) is 51.3 Å². The molecule has 1 N–H and O–H groups in total. The van der Waals surface area contributed by atoms with Crippen LogP contribution in [0.25, 0.3) is 0 Å². The molecule has 2 aromatic rings. The Balaban J connectivity index is 1.92. The first-order valence-electron chi connectivity index (χ1n) is 6.89. The molecule has 0 aliphatic carbocycles. The SMILES string of the molecule is Cc1nn(C)c(C)c1CCC(O)Cc1ccc(Br)cc1. The average Bonchev–Trinajstić information content (AvgIpc) is 2.64. The fraction of sp³-hybridized carbons (Fsp3) is 0.438. The van der Waals surface area contributed by atoms with E-state index in [1.165, 1.54) is 16.8 Å². The van der Waals surface area contributed by atoms with Crippen LogP contribution >= 0.6 is 15.9 Å². The van der Waals surface area contributed by atoms with Crippen LogP contribution < -0.4 is 0 Å². The molecule has 0 spiro atoms. The van der Waals surface area contributed by atoms with Gasteiger partial charge >= 0.3 is 0 Å². The van der Waals surface area contributed by atoms with Gasteiger partial charge in [-0.2, -0.15) is 5.10 Å². The summed E-state index contributed by atoms with van der Waals surface area (Å²) in [5.41, 5.74) is 4.70. The van der Waals surface area contributed by atoms with Gasteiger partial charge in [0.05, 0.1) is 11.8 Å². The minimum absolute atomic E-state index is 0.310. The second-order valence-electron chi connectivity index (χ2n) is 5.30. The highest BCUT2D eigenvalue weighted by Gasteiger charge is 2.12. The lowest BCUT2D eigenvalue weighted by atomic mass is 10.0. The van der Waals surface area contributed by atoms with Crippen LogP contribution in [0.2, 0.25) is 0 Å². The van der Waals surface area contributed by atoms with Crippen molar-refractivity contribution >= 4 is 15.9 Å². The number of aryl methyl sites for hydroxylation is 2. The van der Waals surface area contributed by atoms with Gasteiger partial charge in [0.1, 0.15) is 0 Å². The number of hydrogen-bond acceptors (Lipinski definition) is 2. The molecule has 4 heteroatoms. The lowest BCUT2D eigenvalue weighted by molar-refractivity contribution is 0.165. The fourth-order valence-corrected chi connectivity index (χ4v) is 2.75. The van der Waals surface area contributed by atoms with Crippen molar-refractivity contribution in [3.63, 3.8) is 0 Å². The Morgan fingerprint density at radius 3 is 2.45 bits per heavy atom. The van der Waals surface area contributed by atoms with Crippen molar-refractivity contribution in [1.82, 2.24) is 9.78 Å². The molecule has 0 aliphatic heterocycles. The minimum Gasteiger partial charge on any atom is -0.393 e. The molecule has 0 amide bonds. The van der Waals surface area contributed by atoms with Crippen LogP contribution in [0, 0.1) is 13.8 Å².